The lowest BCUT2D eigenvalue weighted by atomic mass is 10.1. The molecule has 2 heterocycles. The molecule has 0 saturated heterocycles. The lowest BCUT2D eigenvalue weighted by molar-refractivity contribution is 0.823. The Morgan fingerprint density at radius 2 is 1.94 bits per heavy atom. The molecule has 3 heteroatoms. The smallest absolute Gasteiger partial charge is 0.261 e. The highest BCUT2D eigenvalue weighted by Gasteiger charge is 2.09. The maximum atomic E-state index is 12.3. The van der Waals surface area contributed by atoms with E-state index in [-0.39, 0.29) is 11.5 Å². The number of nitrogens with zero attached hydrogens (tertiary/aromatic N) is 2. The van der Waals surface area contributed by atoms with Crippen LogP contribution < -0.4 is 5.56 Å². The van der Waals surface area contributed by atoms with Crippen molar-refractivity contribution in [1.82, 2.24) is 9.38 Å². The van der Waals surface area contributed by atoms with Gasteiger partial charge in [0.25, 0.3) is 5.56 Å². The number of aromatic nitrogens is 2. The number of benzene rings is 1. The molecule has 0 bridgehead atoms. The minimum atomic E-state index is 0.0285. The van der Waals surface area contributed by atoms with Crippen molar-refractivity contribution in [3.05, 3.63) is 58.6 Å². The predicted octanol–water partition coefficient (Wildman–Crippen LogP) is 2.97. The third-order valence-electron chi connectivity index (χ3n) is 3.25. The van der Waals surface area contributed by atoms with Gasteiger partial charge in [-0.1, -0.05) is 38.1 Å². The van der Waals surface area contributed by atoms with Gasteiger partial charge in [-0.3, -0.25) is 9.20 Å². The molecule has 90 valence electrons. The summed E-state index contributed by atoms with van der Waals surface area (Å²) in [5.41, 5.74) is 1.51. The van der Waals surface area contributed by atoms with Crippen LogP contribution in [0.4, 0.5) is 0 Å². The minimum Gasteiger partial charge on any atom is -0.269 e. The fourth-order valence-electron chi connectivity index (χ4n) is 2.22. The van der Waals surface area contributed by atoms with Gasteiger partial charge >= 0.3 is 0 Å². The molecule has 2 aromatic heterocycles. The van der Waals surface area contributed by atoms with E-state index in [1.54, 1.807) is 16.8 Å². The van der Waals surface area contributed by atoms with Crippen LogP contribution >= 0.6 is 0 Å². The molecule has 1 aromatic carbocycles. The van der Waals surface area contributed by atoms with E-state index in [0.717, 1.165) is 22.0 Å². The van der Waals surface area contributed by atoms with Crippen molar-refractivity contribution in [2.75, 3.05) is 0 Å². The van der Waals surface area contributed by atoms with Crippen LogP contribution in [0.15, 0.2) is 47.5 Å². The third-order valence-corrected chi connectivity index (χ3v) is 3.25. The van der Waals surface area contributed by atoms with Gasteiger partial charge in [0.15, 0.2) is 0 Å². The summed E-state index contributed by atoms with van der Waals surface area (Å²) in [6, 6.07) is 9.92. The monoisotopic (exact) mass is 238 g/mol. The van der Waals surface area contributed by atoms with Gasteiger partial charge in [0, 0.05) is 23.3 Å². The average Bonchev–Trinajstić information content (AvgIpc) is 2.38. The van der Waals surface area contributed by atoms with E-state index >= 15 is 0 Å². The van der Waals surface area contributed by atoms with Gasteiger partial charge < -0.3 is 0 Å². The van der Waals surface area contributed by atoms with Crippen LogP contribution in [0.1, 0.15) is 25.3 Å². The van der Waals surface area contributed by atoms with Gasteiger partial charge in [-0.05, 0) is 17.4 Å². The molecule has 18 heavy (non-hydrogen) atoms. The molecule has 0 fully saturated rings. The van der Waals surface area contributed by atoms with Crippen LogP contribution in [0.3, 0.4) is 0 Å². The largest absolute Gasteiger partial charge is 0.269 e. The maximum Gasteiger partial charge on any atom is 0.261 e. The molecule has 3 rings (SSSR count). The summed E-state index contributed by atoms with van der Waals surface area (Å²) >= 11 is 0. The highest BCUT2D eigenvalue weighted by atomic mass is 16.1. The number of hydrogen-bond acceptors (Lipinski definition) is 2. The lowest BCUT2D eigenvalue weighted by Crippen LogP contribution is -2.20. The van der Waals surface area contributed by atoms with E-state index in [2.05, 4.69) is 4.98 Å². The molecule has 0 aliphatic carbocycles. The SMILES string of the molecule is CC(C)c1cnc2c3ccccc3ccn2c1=O. The van der Waals surface area contributed by atoms with Crippen molar-refractivity contribution in [2.45, 2.75) is 19.8 Å². The number of pyridine rings is 1. The minimum absolute atomic E-state index is 0.0285. The number of hydrogen-bond donors (Lipinski definition) is 0. The molecule has 0 saturated carbocycles. The first-order chi connectivity index (χ1) is 8.68. The second-order valence-electron chi connectivity index (χ2n) is 4.77. The van der Waals surface area contributed by atoms with Crippen molar-refractivity contribution in [1.29, 1.82) is 0 Å². The molecular weight excluding hydrogens is 224 g/mol. The van der Waals surface area contributed by atoms with Crippen molar-refractivity contribution in [2.24, 2.45) is 0 Å². The highest BCUT2D eigenvalue weighted by Crippen LogP contribution is 2.18. The van der Waals surface area contributed by atoms with Crippen LogP contribution in [0.25, 0.3) is 16.4 Å². The molecule has 0 N–H and O–H groups in total. The normalized spacial score (nSPS) is 11.5. The van der Waals surface area contributed by atoms with Crippen molar-refractivity contribution in [3.63, 3.8) is 0 Å². The van der Waals surface area contributed by atoms with Crippen molar-refractivity contribution < 1.29 is 0 Å². The molecule has 0 amide bonds. The van der Waals surface area contributed by atoms with E-state index < -0.39 is 0 Å². The van der Waals surface area contributed by atoms with Gasteiger partial charge in [0.05, 0.1) is 0 Å². The third kappa shape index (κ3) is 1.51. The van der Waals surface area contributed by atoms with E-state index in [1.165, 1.54) is 0 Å². The predicted molar refractivity (Wildman–Crippen MR) is 73.1 cm³/mol. The number of rotatable bonds is 1. The average molecular weight is 238 g/mol. The summed E-state index contributed by atoms with van der Waals surface area (Å²) in [4.78, 5) is 16.8. The summed E-state index contributed by atoms with van der Waals surface area (Å²) < 4.78 is 1.64. The first-order valence-corrected chi connectivity index (χ1v) is 6.07. The van der Waals surface area contributed by atoms with Gasteiger partial charge in [-0.25, -0.2) is 4.98 Å². The van der Waals surface area contributed by atoms with Crippen LogP contribution in [0.5, 0.6) is 0 Å². The molecule has 0 aliphatic heterocycles. The Kier molecular flexibility index (Phi) is 2.40. The van der Waals surface area contributed by atoms with E-state index in [9.17, 15) is 4.79 Å². The molecule has 0 unspecified atom stereocenters. The zero-order valence-electron chi connectivity index (χ0n) is 10.4. The van der Waals surface area contributed by atoms with Gasteiger partial charge in [0.2, 0.25) is 0 Å². The summed E-state index contributed by atoms with van der Waals surface area (Å²) in [5, 5.41) is 2.11. The molecule has 0 atom stereocenters. The topological polar surface area (TPSA) is 34.4 Å². The summed E-state index contributed by atoms with van der Waals surface area (Å²) in [6.45, 7) is 4.01. The van der Waals surface area contributed by atoms with Crippen LogP contribution in [0, 0.1) is 0 Å². The first kappa shape index (κ1) is 11.0. The first-order valence-electron chi connectivity index (χ1n) is 6.07. The molecule has 0 aliphatic rings. The van der Waals surface area contributed by atoms with Crippen molar-refractivity contribution in [3.8, 4) is 0 Å². The molecule has 0 radical (unpaired) electrons. The highest BCUT2D eigenvalue weighted by molar-refractivity contribution is 5.93. The molecule has 3 nitrogen and oxygen atoms in total. The Morgan fingerprint density at radius 1 is 1.17 bits per heavy atom. The van der Waals surface area contributed by atoms with Crippen LogP contribution in [-0.4, -0.2) is 9.38 Å². The van der Waals surface area contributed by atoms with Gasteiger partial charge in [0.1, 0.15) is 5.65 Å². The molecule has 3 aromatic rings. The van der Waals surface area contributed by atoms with Crippen molar-refractivity contribution >= 4 is 16.4 Å². The second-order valence-corrected chi connectivity index (χ2v) is 4.77. The zero-order valence-corrected chi connectivity index (χ0v) is 10.4. The molecular formula is C15H14N2O. The van der Waals surface area contributed by atoms with Gasteiger partial charge in [-0.2, -0.15) is 0 Å². The second kappa shape index (κ2) is 3.95. The zero-order chi connectivity index (χ0) is 12.7. The van der Waals surface area contributed by atoms with E-state index in [4.69, 9.17) is 0 Å². The molecule has 0 spiro atoms. The van der Waals surface area contributed by atoms with E-state index in [1.807, 2.05) is 44.2 Å². The summed E-state index contributed by atoms with van der Waals surface area (Å²) in [5.74, 6) is 0.188. The Morgan fingerprint density at radius 3 is 2.72 bits per heavy atom. The Labute approximate surface area is 105 Å². The Balaban J connectivity index is 2.48. The van der Waals surface area contributed by atoms with Crippen LogP contribution in [0.2, 0.25) is 0 Å². The maximum absolute atomic E-state index is 12.3. The standard InChI is InChI=1S/C15H14N2O/c1-10(2)13-9-16-14-12-6-4-3-5-11(12)7-8-17(14)15(13)18/h3-10H,1-2H3. The van der Waals surface area contributed by atoms with Gasteiger partial charge in [-0.15, -0.1) is 0 Å². The number of fused-ring (bicyclic) bond motifs is 3. The Bertz CT molecular complexity index is 787. The van der Waals surface area contributed by atoms with Crippen LogP contribution in [-0.2, 0) is 0 Å². The lowest BCUT2D eigenvalue weighted by Gasteiger charge is -2.08. The Hall–Kier alpha value is -2.16. The summed E-state index contributed by atoms with van der Waals surface area (Å²) in [6.07, 6.45) is 3.51. The summed E-state index contributed by atoms with van der Waals surface area (Å²) in [7, 11) is 0. The fourth-order valence-corrected chi connectivity index (χ4v) is 2.22. The fraction of sp³-hybridized carbons (Fsp3) is 0.200. The van der Waals surface area contributed by atoms with E-state index in [0.29, 0.717) is 0 Å². The quantitative estimate of drug-likeness (QED) is 0.611.